The van der Waals surface area contributed by atoms with Gasteiger partial charge in [0.15, 0.2) is 0 Å². The molecule has 0 bridgehead atoms. The Balaban J connectivity index is 1.36. The summed E-state index contributed by atoms with van der Waals surface area (Å²) in [7, 11) is 0. The van der Waals surface area contributed by atoms with Gasteiger partial charge in [0.05, 0.1) is 47.6 Å². The maximum Gasteiger partial charge on any atom is 0.271 e. The second-order valence-electron chi connectivity index (χ2n) is 9.64. The zero-order chi connectivity index (χ0) is 28.0. The van der Waals surface area contributed by atoms with Gasteiger partial charge in [-0.25, -0.2) is 23.7 Å². The first-order valence-electron chi connectivity index (χ1n) is 12.7. The van der Waals surface area contributed by atoms with Gasteiger partial charge in [-0.3, -0.25) is 9.78 Å². The molecule has 1 amide bonds. The summed E-state index contributed by atoms with van der Waals surface area (Å²) in [5.41, 5.74) is 10.1. The van der Waals surface area contributed by atoms with Crippen LogP contribution < -0.4 is 5.73 Å². The SMILES string of the molecule is C[C@H](c1ncccn1)N(Cc1ccc(-c2c(F)cccc2F)cn1)C(=O)c1cc2nc(N)c3c(c2[nH]1)CO[C@@H]3C. The van der Waals surface area contributed by atoms with Crippen LogP contribution in [0.3, 0.4) is 0 Å². The molecule has 0 saturated carbocycles. The van der Waals surface area contributed by atoms with Gasteiger partial charge in [0, 0.05) is 35.3 Å². The first-order valence-corrected chi connectivity index (χ1v) is 12.7. The number of halogens is 2. The molecule has 1 aliphatic heterocycles. The van der Waals surface area contributed by atoms with Gasteiger partial charge in [0.25, 0.3) is 5.91 Å². The number of carbonyl (C=O) groups excluding carboxylic acids is 1. The number of nitrogens with zero attached hydrogens (tertiary/aromatic N) is 5. The standard InChI is InChI=1S/C29H25F2N7O2/c1-15(28-33-9-4-10-34-28)38(13-18-8-7-17(12-35-18)25-20(30)5-3-6-21(25)31)29(39)23-11-22-26(36-23)19-14-40-16(2)24(19)27(32)37-22/h3-12,15-16,36H,13-14H2,1-2H3,(H2,32,37)/t15-,16-/m1/s1. The normalized spacial score (nSPS) is 15.2. The number of fused-ring (bicyclic) bond motifs is 3. The quantitative estimate of drug-likeness (QED) is 0.300. The average molecular weight is 542 g/mol. The summed E-state index contributed by atoms with van der Waals surface area (Å²) in [6, 6.07) is 9.75. The van der Waals surface area contributed by atoms with Crippen LogP contribution in [-0.4, -0.2) is 35.7 Å². The number of benzene rings is 1. The van der Waals surface area contributed by atoms with Crippen molar-refractivity contribution < 1.29 is 18.3 Å². The summed E-state index contributed by atoms with van der Waals surface area (Å²) < 4.78 is 34.3. The van der Waals surface area contributed by atoms with Crippen LogP contribution in [0.25, 0.3) is 22.2 Å². The number of aromatic nitrogens is 5. The Kier molecular flexibility index (Phi) is 6.43. The minimum Gasteiger partial charge on any atom is -0.383 e. The molecule has 3 N–H and O–H groups in total. The lowest BCUT2D eigenvalue weighted by atomic mass is 10.1. The molecule has 0 unspecified atom stereocenters. The van der Waals surface area contributed by atoms with Crippen LogP contribution in [0.1, 0.15) is 59.1 Å². The highest BCUT2D eigenvalue weighted by molar-refractivity contribution is 5.98. The first kappa shape index (κ1) is 25.5. The van der Waals surface area contributed by atoms with E-state index in [2.05, 4.69) is 24.9 Å². The van der Waals surface area contributed by atoms with Gasteiger partial charge in [-0.2, -0.15) is 0 Å². The van der Waals surface area contributed by atoms with Crippen LogP contribution in [-0.2, 0) is 17.9 Å². The number of nitrogens with two attached hydrogens (primary N) is 1. The fraction of sp³-hybridized carbons (Fsp3) is 0.207. The van der Waals surface area contributed by atoms with Crippen molar-refractivity contribution in [1.29, 1.82) is 0 Å². The van der Waals surface area contributed by atoms with Crippen LogP contribution in [0.5, 0.6) is 0 Å². The van der Waals surface area contributed by atoms with E-state index in [-0.39, 0.29) is 24.1 Å². The minimum atomic E-state index is -0.680. The number of amides is 1. The Morgan fingerprint density at radius 3 is 2.60 bits per heavy atom. The van der Waals surface area contributed by atoms with Crippen LogP contribution in [0, 0.1) is 11.6 Å². The third kappa shape index (κ3) is 4.43. The van der Waals surface area contributed by atoms with Crippen molar-refractivity contribution >= 4 is 22.8 Å². The van der Waals surface area contributed by atoms with E-state index >= 15 is 0 Å². The Labute approximate surface area is 228 Å². The molecular weight excluding hydrogens is 516 g/mol. The first-order chi connectivity index (χ1) is 19.3. The highest BCUT2D eigenvalue weighted by Gasteiger charge is 2.30. The van der Waals surface area contributed by atoms with E-state index < -0.39 is 17.7 Å². The van der Waals surface area contributed by atoms with Crippen molar-refractivity contribution in [2.75, 3.05) is 5.73 Å². The molecular formula is C29H25F2N7O2. The summed E-state index contributed by atoms with van der Waals surface area (Å²) in [6.07, 6.45) is 4.42. The second kappa shape index (κ2) is 10.1. The van der Waals surface area contributed by atoms with Gasteiger partial charge in [-0.1, -0.05) is 12.1 Å². The molecule has 202 valence electrons. The zero-order valence-electron chi connectivity index (χ0n) is 21.7. The Hall–Kier alpha value is -4.77. The predicted molar refractivity (Wildman–Crippen MR) is 144 cm³/mol. The third-order valence-corrected chi connectivity index (χ3v) is 7.15. The smallest absolute Gasteiger partial charge is 0.271 e. The molecule has 40 heavy (non-hydrogen) atoms. The molecule has 1 aromatic carbocycles. The summed E-state index contributed by atoms with van der Waals surface area (Å²) in [5, 5.41) is 0. The van der Waals surface area contributed by atoms with Crippen molar-refractivity contribution in [1.82, 2.24) is 29.8 Å². The van der Waals surface area contributed by atoms with Crippen molar-refractivity contribution in [3.63, 3.8) is 0 Å². The van der Waals surface area contributed by atoms with Crippen molar-refractivity contribution in [2.24, 2.45) is 0 Å². The van der Waals surface area contributed by atoms with Gasteiger partial charge < -0.3 is 20.4 Å². The average Bonchev–Trinajstić information content (AvgIpc) is 3.56. The summed E-state index contributed by atoms with van der Waals surface area (Å²) in [6.45, 7) is 4.18. The molecule has 4 aromatic heterocycles. The monoisotopic (exact) mass is 541 g/mol. The maximum atomic E-state index is 14.3. The number of H-pyrrole nitrogens is 1. The number of pyridine rings is 2. The van der Waals surface area contributed by atoms with Crippen molar-refractivity contribution in [2.45, 2.75) is 39.1 Å². The minimum absolute atomic E-state index is 0.0848. The number of hydrogen-bond donors (Lipinski definition) is 2. The van der Waals surface area contributed by atoms with Crippen molar-refractivity contribution in [3.8, 4) is 11.1 Å². The summed E-state index contributed by atoms with van der Waals surface area (Å²) >= 11 is 0. The highest BCUT2D eigenvalue weighted by atomic mass is 19.1. The molecule has 2 atom stereocenters. The van der Waals surface area contributed by atoms with E-state index in [1.165, 1.54) is 24.4 Å². The van der Waals surface area contributed by atoms with E-state index in [0.717, 1.165) is 11.1 Å². The molecule has 0 spiro atoms. The number of rotatable bonds is 6. The number of anilines is 1. The van der Waals surface area contributed by atoms with Crippen LogP contribution in [0.4, 0.5) is 14.6 Å². The second-order valence-corrected chi connectivity index (χ2v) is 9.64. The molecule has 9 nitrogen and oxygen atoms in total. The lowest BCUT2D eigenvalue weighted by molar-refractivity contribution is 0.0658. The Morgan fingerprint density at radius 1 is 1.15 bits per heavy atom. The molecule has 11 heteroatoms. The van der Waals surface area contributed by atoms with E-state index in [1.54, 1.807) is 41.6 Å². The number of nitrogens with one attached hydrogen (secondary N) is 1. The molecule has 0 radical (unpaired) electrons. The topological polar surface area (TPSA) is 123 Å². The third-order valence-electron chi connectivity index (χ3n) is 7.15. The van der Waals surface area contributed by atoms with E-state index in [0.29, 0.717) is 46.2 Å². The molecule has 1 aliphatic rings. The van der Waals surface area contributed by atoms with Gasteiger partial charge >= 0.3 is 0 Å². The molecule has 0 saturated heterocycles. The summed E-state index contributed by atoms with van der Waals surface area (Å²) in [5.74, 6) is -0.865. The Bertz CT molecular complexity index is 1700. The fourth-order valence-corrected chi connectivity index (χ4v) is 5.07. The maximum absolute atomic E-state index is 14.3. The van der Waals surface area contributed by atoms with Crippen LogP contribution >= 0.6 is 0 Å². The molecule has 0 fully saturated rings. The van der Waals surface area contributed by atoms with Crippen molar-refractivity contribution in [3.05, 3.63) is 101 Å². The fourth-order valence-electron chi connectivity index (χ4n) is 5.07. The Morgan fingerprint density at radius 2 is 1.90 bits per heavy atom. The number of nitrogen functional groups attached to an aromatic ring is 1. The van der Waals surface area contributed by atoms with Crippen LogP contribution in [0.2, 0.25) is 0 Å². The molecule has 5 aromatic rings. The van der Waals surface area contributed by atoms with Gasteiger partial charge in [0.2, 0.25) is 0 Å². The number of hydrogen-bond acceptors (Lipinski definition) is 7. The molecule has 5 heterocycles. The largest absolute Gasteiger partial charge is 0.383 e. The summed E-state index contributed by atoms with van der Waals surface area (Å²) in [4.78, 5) is 36.4. The predicted octanol–water partition coefficient (Wildman–Crippen LogP) is 5.27. The van der Waals surface area contributed by atoms with Gasteiger partial charge in [-0.15, -0.1) is 0 Å². The number of ether oxygens (including phenoxy) is 1. The zero-order valence-corrected chi connectivity index (χ0v) is 21.7. The number of carbonyl (C=O) groups is 1. The van der Waals surface area contributed by atoms with Gasteiger partial charge in [-0.05, 0) is 44.2 Å². The molecule has 6 rings (SSSR count). The highest BCUT2D eigenvalue weighted by Crippen LogP contribution is 2.38. The van der Waals surface area contributed by atoms with E-state index in [4.69, 9.17) is 10.5 Å². The lowest BCUT2D eigenvalue weighted by Gasteiger charge is -2.27. The number of aromatic amines is 1. The van der Waals surface area contributed by atoms with E-state index in [1.807, 2.05) is 13.8 Å². The van der Waals surface area contributed by atoms with Crippen LogP contribution in [0.15, 0.2) is 61.1 Å². The van der Waals surface area contributed by atoms with Gasteiger partial charge in [0.1, 0.15) is 29.0 Å². The molecule has 0 aliphatic carbocycles. The van der Waals surface area contributed by atoms with E-state index in [9.17, 15) is 13.6 Å². The lowest BCUT2D eigenvalue weighted by Crippen LogP contribution is -2.34.